The molecule has 0 amide bonds. The van der Waals surface area contributed by atoms with Crippen LogP contribution in [0.2, 0.25) is 0 Å². The zero-order valence-corrected chi connectivity index (χ0v) is 18.0. The molecule has 2 atom stereocenters. The lowest BCUT2D eigenvalue weighted by molar-refractivity contribution is -0.00521. The number of aromatic nitrogens is 4. The van der Waals surface area contributed by atoms with Crippen LogP contribution in [0.5, 0.6) is 0 Å². The van der Waals surface area contributed by atoms with Crippen molar-refractivity contribution in [3.05, 3.63) is 60.9 Å². The van der Waals surface area contributed by atoms with E-state index in [-0.39, 0.29) is 12.2 Å². The van der Waals surface area contributed by atoms with E-state index >= 15 is 0 Å². The van der Waals surface area contributed by atoms with Gasteiger partial charge in [-0.25, -0.2) is 0 Å². The molecule has 0 bridgehead atoms. The van der Waals surface area contributed by atoms with Gasteiger partial charge in [0.15, 0.2) is 5.82 Å². The first-order valence-electron chi connectivity index (χ1n) is 10.6. The molecule has 3 heterocycles. The SMILES string of the molecule is C[C@@H]1CN(c2cccc(Nc3cc(-c4ccc5c(cnn5C)c4)cnn3)c2)C[C@H](C)O1. The summed E-state index contributed by atoms with van der Waals surface area (Å²) in [5, 5.41) is 17.3. The summed E-state index contributed by atoms with van der Waals surface area (Å²) >= 11 is 0. The molecule has 2 aromatic heterocycles. The quantitative estimate of drug-likeness (QED) is 0.534. The molecule has 7 nitrogen and oxygen atoms in total. The van der Waals surface area contributed by atoms with E-state index < -0.39 is 0 Å². The van der Waals surface area contributed by atoms with Crippen LogP contribution in [0, 0.1) is 0 Å². The minimum Gasteiger partial charge on any atom is -0.372 e. The molecule has 4 aromatic rings. The van der Waals surface area contributed by atoms with Crippen LogP contribution in [0.25, 0.3) is 22.0 Å². The molecule has 0 spiro atoms. The zero-order valence-electron chi connectivity index (χ0n) is 18.0. The van der Waals surface area contributed by atoms with Gasteiger partial charge in [-0.3, -0.25) is 4.68 Å². The topological polar surface area (TPSA) is 68.1 Å². The van der Waals surface area contributed by atoms with E-state index in [0.29, 0.717) is 5.82 Å². The van der Waals surface area contributed by atoms with Gasteiger partial charge in [0, 0.05) is 42.5 Å². The minimum absolute atomic E-state index is 0.222. The van der Waals surface area contributed by atoms with Gasteiger partial charge in [-0.2, -0.15) is 10.2 Å². The number of fused-ring (bicyclic) bond motifs is 1. The molecule has 0 aliphatic carbocycles. The molecule has 1 fully saturated rings. The maximum atomic E-state index is 5.87. The van der Waals surface area contributed by atoms with Gasteiger partial charge in [0.1, 0.15) is 0 Å². The Morgan fingerprint density at radius 1 is 0.968 bits per heavy atom. The highest BCUT2D eigenvalue weighted by Gasteiger charge is 2.22. The number of hydrogen-bond acceptors (Lipinski definition) is 6. The number of ether oxygens (including phenoxy) is 1. The van der Waals surface area contributed by atoms with Crippen LogP contribution in [0.3, 0.4) is 0 Å². The summed E-state index contributed by atoms with van der Waals surface area (Å²) in [7, 11) is 1.95. The first kappa shape index (κ1) is 19.5. The van der Waals surface area contributed by atoms with Gasteiger partial charge in [-0.1, -0.05) is 12.1 Å². The molecule has 2 aromatic carbocycles. The molecule has 0 radical (unpaired) electrons. The summed E-state index contributed by atoms with van der Waals surface area (Å²) in [6.07, 6.45) is 4.11. The highest BCUT2D eigenvalue weighted by atomic mass is 16.5. The highest BCUT2D eigenvalue weighted by Crippen LogP contribution is 2.28. The van der Waals surface area contributed by atoms with Crippen LogP contribution in [0.1, 0.15) is 13.8 Å². The van der Waals surface area contributed by atoms with Crippen molar-refractivity contribution < 1.29 is 4.74 Å². The van der Waals surface area contributed by atoms with Crippen molar-refractivity contribution in [3.63, 3.8) is 0 Å². The minimum atomic E-state index is 0.222. The molecular weight excluding hydrogens is 388 g/mol. The van der Waals surface area contributed by atoms with Gasteiger partial charge in [-0.15, -0.1) is 5.10 Å². The molecule has 1 aliphatic heterocycles. The smallest absolute Gasteiger partial charge is 0.153 e. The fourth-order valence-corrected chi connectivity index (χ4v) is 4.25. The summed E-state index contributed by atoms with van der Waals surface area (Å²) < 4.78 is 7.74. The number of nitrogens with one attached hydrogen (secondary N) is 1. The third-order valence-electron chi connectivity index (χ3n) is 5.64. The third kappa shape index (κ3) is 4.09. The summed E-state index contributed by atoms with van der Waals surface area (Å²) in [6.45, 7) is 6.02. The second kappa shape index (κ2) is 8.00. The monoisotopic (exact) mass is 414 g/mol. The van der Waals surface area contributed by atoms with Crippen molar-refractivity contribution in [2.45, 2.75) is 26.1 Å². The van der Waals surface area contributed by atoms with Gasteiger partial charge in [-0.05, 0) is 55.8 Å². The Labute approximate surface area is 181 Å². The average Bonchev–Trinajstić information content (AvgIpc) is 3.14. The molecule has 1 saturated heterocycles. The number of rotatable bonds is 4. The number of morpholine rings is 1. The lowest BCUT2D eigenvalue weighted by Crippen LogP contribution is -2.45. The van der Waals surface area contributed by atoms with E-state index in [4.69, 9.17) is 4.74 Å². The first-order valence-corrected chi connectivity index (χ1v) is 10.6. The van der Waals surface area contributed by atoms with Crippen LogP contribution in [-0.4, -0.2) is 45.3 Å². The molecule has 31 heavy (non-hydrogen) atoms. The molecule has 158 valence electrons. The average molecular weight is 415 g/mol. The molecule has 0 saturated carbocycles. The highest BCUT2D eigenvalue weighted by molar-refractivity contribution is 5.84. The Kier molecular flexibility index (Phi) is 5.03. The summed E-state index contributed by atoms with van der Waals surface area (Å²) in [5.41, 5.74) is 5.36. The van der Waals surface area contributed by atoms with Gasteiger partial charge < -0.3 is 15.0 Å². The van der Waals surface area contributed by atoms with Crippen molar-refractivity contribution in [2.24, 2.45) is 7.05 Å². The van der Waals surface area contributed by atoms with Gasteiger partial charge in [0.05, 0.1) is 30.1 Å². The van der Waals surface area contributed by atoms with Crippen molar-refractivity contribution >= 4 is 28.1 Å². The fourth-order valence-electron chi connectivity index (χ4n) is 4.25. The van der Waals surface area contributed by atoms with Crippen molar-refractivity contribution in [1.29, 1.82) is 0 Å². The van der Waals surface area contributed by atoms with Crippen LogP contribution in [0.15, 0.2) is 60.9 Å². The normalized spacial score (nSPS) is 19.0. The maximum absolute atomic E-state index is 5.87. The van der Waals surface area contributed by atoms with E-state index in [1.165, 1.54) is 5.69 Å². The van der Waals surface area contributed by atoms with E-state index in [1.807, 2.05) is 30.1 Å². The van der Waals surface area contributed by atoms with Crippen LogP contribution in [0.4, 0.5) is 17.2 Å². The molecule has 0 unspecified atom stereocenters. The van der Waals surface area contributed by atoms with E-state index in [2.05, 4.69) is 75.8 Å². The van der Waals surface area contributed by atoms with Gasteiger partial charge in [0.25, 0.3) is 0 Å². The maximum Gasteiger partial charge on any atom is 0.153 e. The summed E-state index contributed by atoms with van der Waals surface area (Å²) in [6, 6.07) is 16.7. The van der Waals surface area contributed by atoms with Gasteiger partial charge >= 0.3 is 0 Å². The van der Waals surface area contributed by atoms with E-state index in [1.54, 1.807) is 6.20 Å². The predicted octanol–water partition coefficient (Wildman–Crippen LogP) is 4.39. The third-order valence-corrected chi connectivity index (χ3v) is 5.64. The van der Waals surface area contributed by atoms with Crippen molar-refractivity contribution in [2.75, 3.05) is 23.3 Å². The molecule has 1 N–H and O–H groups in total. The fraction of sp³-hybridized carbons (Fsp3) is 0.292. The van der Waals surface area contributed by atoms with E-state index in [0.717, 1.165) is 40.8 Å². The molecular formula is C24H26N6O. The Bertz CT molecular complexity index is 1210. The molecule has 5 rings (SSSR count). The first-order chi connectivity index (χ1) is 15.0. The van der Waals surface area contributed by atoms with E-state index in [9.17, 15) is 0 Å². The summed E-state index contributed by atoms with van der Waals surface area (Å²) in [4.78, 5) is 2.37. The Morgan fingerprint density at radius 2 is 1.81 bits per heavy atom. The molecule has 7 heteroatoms. The lowest BCUT2D eigenvalue weighted by Gasteiger charge is -2.37. The number of benzene rings is 2. The largest absolute Gasteiger partial charge is 0.372 e. The van der Waals surface area contributed by atoms with Gasteiger partial charge in [0.2, 0.25) is 0 Å². The Morgan fingerprint density at radius 3 is 2.65 bits per heavy atom. The number of aryl methyl sites for hydroxylation is 1. The Balaban J connectivity index is 1.38. The lowest BCUT2D eigenvalue weighted by atomic mass is 10.1. The Hall–Kier alpha value is -3.45. The van der Waals surface area contributed by atoms with Crippen LogP contribution in [-0.2, 0) is 11.8 Å². The second-order valence-corrected chi connectivity index (χ2v) is 8.21. The standard InChI is InChI=1S/C24H26N6O/c1-16-14-30(15-17(2)31-16)22-6-4-5-21(11-22)27-24-10-19(12-25-28-24)18-7-8-23-20(9-18)13-26-29(23)3/h4-13,16-17H,14-15H2,1-3H3,(H,27,28)/t16-,17+. The summed E-state index contributed by atoms with van der Waals surface area (Å²) in [5.74, 6) is 0.713. The van der Waals surface area contributed by atoms with Crippen LogP contribution >= 0.6 is 0 Å². The van der Waals surface area contributed by atoms with Crippen molar-refractivity contribution in [3.8, 4) is 11.1 Å². The van der Waals surface area contributed by atoms with Crippen molar-refractivity contribution in [1.82, 2.24) is 20.0 Å². The number of hydrogen-bond donors (Lipinski definition) is 1. The second-order valence-electron chi connectivity index (χ2n) is 8.21. The number of nitrogens with zero attached hydrogens (tertiary/aromatic N) is 5. The molecule has 1 aliphatic rings. The number of anilines is 3. The predicted molar refractivity (Wildman–Crippen MR) is 124 cm³/mol. The van der Waals surface area contributed by atoms with Crippen LogP contribution < -0.4 is 10.2 Å². The zero-order chi connectivity index (χ0) is 21.4.